The SMILES string of the molecule is CCC1COC(C)CN1c1cccc(SC)c1C(N)=S. The Labute approximate surface area is 130 Å². The summed E-state index contributed by atoms with van der Waals surface area (Å²) in [7, 11) is 0. The van der Waals surface area contributed by atoms with Crippen molar-refractivity contribution in [1.29, 1.82) is 0 Å². The molecule has 2 unspecified atom stereocenters. The molecule has 3 nitrogen and oxygen atoms in total. The van der Waals surface area contributed by atoms with Crippen molar-refractivity contribution in [3.63, 3.8) is 0 Å². The topological polar surface area (TPSA) is 38.5 Å². The number of nitrogens with two attached hydrogens (primary N) is 1. The summed E-state index contributed by atoms with van der Waals surface area (Å²) in [5.41, 5.74) is 8.13. The van der Waals surface area contributed by atoms with Crippen LogP contribution in [0.2, 0.25) is 0 Å². The summed E-state index contributed by atoms with van der Waals surface area (Å²) in [5.74, 6) is 0. The van der Waals surface area contributed by atoms with Gasteiger partial charge >= 0.3 is 0 Å². The second kappa shape index (κ2) is 6.78. The normalized spacial score (nSPS) is 22.9. The van der Waals surface area contributed by atoms with Crippen molar-refractivity contribution in [3.05, 3.63) is 23.8 Å². The number of hydrogen-bond donors (Lipinski definition) is 1. The molecule has 2 N–H and O–H groups in total. The molecule has 1 heterocycles. The quantitative estimate of drug-likeness (QED) is 0.683. The van der Waals surface area contributed by atoms with Crippen molar-refractivity contribution in [2.24, 2.45) is 5.73 Å². The maximum atomic E-state index is 5.98. The Hall–Kier alpha value is -0.780. The molecule has 0 spiro atoms. The third-order valence-corrected chi connectivity index (χ3v) is 4.70. The highest BCUT2D eigenvalue weighted by molar-refractivity contribution is 7.98. The highest BCUT2D eigenvalue weighted by atomic mass is 32.2. The van der Waals surface area contributed by atoms with Gasteiger partial charge in [0.15, 0.2) is 0 Å². The van der Waals surface area contributed by atoms with E-state index in [-0.39, 0.29) is 6.10 Å². The Morgan fingerprint density at radius 2 is 2.30 bits per heavy atom. The second-order valence-electron chi connectivity index (χ2n) is 5.08. The fourth-order valence-corrected chi connectivity index (χ4v) is 3.57. The molecule has 0 amide bonds. The Kier molecular flexibility index (Phi) is 5.29. The number of nitrogens with zero attached hydrogens (tertiary/aromatic N) is 1. The van der Waals surface area contributed by atoms with E-state index in [0.717, 1.165) is 35.7 Å². The van der Waals surface area contributed by atoms with E-state index in [4.69, 9.17) is 22.7 Å². The van der Waals surface area contributed by atoms with Crippen LogP contribution in [0.5, 0.6) is 0 Å². The van der Waals surface area contributed by atoms with Crippen LogP contribution < -0.4 is 10.6 Å². The van der Waals surface area contributed by atoms with Gasteiger partial charge in [-0.1, -0.05) is 25.2 Å². The molecular weight excluding hydrogens is 288 g/mol. The fourth-order valence-electron chi connectivity index (χ4n) is 2.65. The van der Waals surface area contributed by atoms with Gasteiger partial charge in [-0.15, -0.1) is 11.8 Å². The zero-order valence-corrected chi connectivity index (χ0v) is 13.9. The molecule has 1 fully saturated rings. The lowest BCUT2D eigenvalue weighted by atomic mass is 10.1. The first kappa shape index (κ1) is 15.6. The molecule has 1 aromatic rings. The molecule has 20 heavy (non-hydrogen) atoms. The van der Waals surface area contributed by atoms with Crippen molar-refractivity contribution >= 4 is 34.7 Å². The highest BCUT2D eigenvalue weighted by Gasteiger charge is 2.28. The van der Waals surface area contributed by atoms with Gasteiger partial charge in [-0.3, -0.25) is 0 Å². The van der Waals surface area contributed by atoms with E-state index in [2.05, 4.69) is 43.2 Å². The zero-order chi connectivity index (χ0) is 14.7. The Morgan fingerprint density at radius 1 is 1.55 bits per heavy atom. The third-order valence-electron chi connectivity index (χ3n) is 3.72. The molecule has 1 aromatic carbocycles. The van der Waals surface area contributed by atoms with Gasteiger partial charge in [-0.05, 0) is 31.7 Å². The minimum absolute atomic E-state index is 0.231. The molecule has 0 saturated carbocycles. The number of thioether (sulfide) groups is 1. The minimum Gasteiger partial charge on any atom is -0.389 e. The van der Waals surface area contributed by atoms with E-state index in [1.54, 1.807) is 11.8 Å². The molecule has 0 radical (unpaired) electrons. The molecule has 0 aromatic heterocycles. The van der Waals surface area contributed by atoms with Gasteiger partial charge in [-0.25, -0.2) is 0 Å². The number of rotatable bonds is 4. The molecule has 1 aliphatic heterocycles. The van der Waals surface area contributed by atoms with E-state index < -0.39 is 0 Å². The zero-order valence-electron chi connectivity index (χ0n) is 12.3. The summed E-state index contributed by atoms with van der Waals surface area (Å²) in [6.07, 6.45) is 3.34. The van der Waals surface area contributed by atoms with Crippen molar-refractivity contribution in [2.75, 3.05) is 24.3 Å². The Balaban J connectivity index is 2.46. The van der Waals surface area contributed by atoms with Crippen LogP contribution in [0.15, 0.2) is 23.1 Å². The van der Waals surface area contributed by atoms with Crippen LogP contribution in [0.4, 0.5) is 5.69 Å². The van der Waals surface area contributed by atoms with E-state index in [1.807, 2.05) is 0 Å². The van der Waals surface area contributed by atoms with Gasteiger partial charge in [0.1, 0.15) is 4.99 Å². The van der Waals surface area contributed by atoms with Gasteiger partial charge in [-0.2, -0.15) is 0 Å². The summed E-state index contributed by atoms with van der Waals surface area (Å²) in [5, 5.41) is 0. The van der Waals surface area contributed by atoms with Gasteiger partial charge < -0.3 is 15.4 Å². The molecule has 110 valence electrons. The predicted octanol–water partition coefficient (Wildman–Crippen LogP) is 3.05. The highest BCUT2D eigenvalue weighted by Crippen LogP contribution is 2.32. The summed E-state index contributed by atoms with van der Waals surface area (Å²) in [6, 6.07) is 6.66. The minimum atomic E-state index is 0.231. The van der Waals surface area contributed by atoms with Crippen LogP contribution in [0, 0.1) is 0 Å². The number of benzene rings is 1. The fraction of sp³-hybridized carbons (Fsp3) is 0.533. The molecule has 2 rings (SSSR count). The molecule has 1 saturated heterocycles. The number of morpholine rings is 1. The predicted molar refractivity (Wildman–Crippen MR) is 90.9 cm³/mol. The average molecular weight is 310 g/mol. The summed E-state index contributed by atoms with van der Waals surface area (Å²) < 4.78 is 5.78. The van der Waals surface area contributed by atoms with Gasteiger partial charge in [0, 0.05) is 22.7 Å². The van der Waals surface area contributed by atoms with Crippen LogP contribution in [-0.2, 0) is 4.74 Å². The van der Waals surface area contributed by atoms with Crippen molar-refractivity contribution in [1.82, 2.24) is 0 Å². The van der Waals surface area contributed by atoms with Crippen LogP contribution in [-0.4, -0.2) is 36.5 Å². The summed E-state index contributed by atoms with van der Waals surface area (Å²) >= 11 is 6.97. The van der Waals surface area contributed by atoms with Crippen molar-refractivity contribution in [3.8, 4) is 0 Å². The third kappa shape index (κ3) is 3.10. The number of anilines is 1. The van der Waals surface area contributed by atoms with E-state index >= 15 is 0 Å². The van der Waals surface area contributed by atoms with E-state index in [0.29, 0.717) is 11.0 Å². The molecule has 2 atom stereocenters. The summed E-state index contributed by atoms with van der Waals surface area (Å²) in [6.45, 7) is 5.94. The first-order chi connectivity index (χ1) is 9.58. The van der Waals surface area contributed by atoms with Crippen LogP contribution in [0.3, 0.4) is 0 Å². The molecule has 0 aliphatic carbocycles. The van der Waals surface area contributed by atoms with E-state index in [9.17, 15) is 0 Å². The second-order valence-corrected chi connectivity index (χ2v) is 6.36. The number of thiocarbonyl (C=S) groups is 1. The van der Waals surface area contributed by atoms with Crippen molar-refractivity contribution in [2.45, 2.75) is 37.3 Å². The van der Waals surface area contributed by atoms with E-state index in [1.165, 1.54) is 0 Å². The first-order valence-corrected chi connectivity index (χ1v) is 8.56. The molecule has 1 aliphatic rings. The lowest BCUT2D eigenvalue weighted by molar-refractivity contribution is 0.0299. The summed E-state index contributed by atoms with van der Waals surface area (Å²) in [4.78, 5) is 4.02. The van der Waals surface area contributed by atoms with Crippen LogP contribution >= 0.6 is 24.0 Å². The lowest BCUT2D eigenvalue weighted by Crippen LogP contribution is -2.49. The maximum Gasteiger partial charge on any atom is 0.107 e. The average Bonchev–Trinajstić information content (AvgIpc) is 2.46. The maximum absolute atomic E-state index is 5.98. The molecule has 0 bridgehead atoms. The molecule has 5 heteroatoms. The van der Waals surface area contributed by atoms with Crippen LogP contribution in [0.1, 0.15) is 25.8 Å². The van der Waals surface area contributed by atoms with Gasteiger partial charge in [0.05, 0.1) is 18.8 Å². The first-order valence-electron chi connectivity index (χ1n) is 6.93. The number of hydrogen-bond acceptors (Lipinski definition) is 4. The van der Waals surface area contributed by atoms with Gasteiger partial charge in [0.2, 0.25) is 0 Å². The number of ether oxygens (including phenoxy) is 1. The standard InChI is InChI=1S/C15H22N2OS2/c1-4-11-9-18-10(2)8-17(11)12-6-5-7-13(20-3)14(12)15(16)19/h5-7,10-11H,4,8-9H2,1-3H3,(H2,16,19). The van der Waals surface area contributed by atoms with Gasteiger partial charge in [0.25, 0.3) is 0 Å². The molecular formula is C15H22N2OS2. The Morgan fingerprint density at radius 3 is 2.90 bits per heavy atom. The monoisotopic (exact) mass is 310 g/mol. The van der Waals surface area contributed by atoms with Crippen molar-refractivity contribution < 1.29 is 4.74 Å². The van der Waals surface area contributed by atoms with Crippen LogP contribution in [0.25, 0.3) is 0 Å². The lowest BCUT2D eigenvalue weighted by Gasteiger charge is -2.41. The largest absolute Gasteiger partial charge is 0.389 e. The Bertz CT molecular complexity index is 493. The smallest absolute Gasteiger partial charge is 0.107 e.